The third kappa shape index (κ3) is 8.85. The number of carbonyl (C=O) groups excluding carboxylic acids is 2. The third-order valence-corrected chi connectivity index (χ3v) is 5.80. The second kappa shape index (κ2) is 13.6. The number of nitrogens with two attached hydrogens (primary N) is 2. The molecule has 0 aromatic rings. The van der Waals surface area contributed by atoms with Crippen molar-refractivity contribution in [3.05, 3.63) is 0 Å². The van der Waals surface area contributed by atoms with Gasteiger partial charge in [-0.2, -0.15) is 0 Å². The van der Waals surface area contributed by atoms with Crippen molar-refractivity contribution in [2.45, 2.75) is 91.1 Å². The normalized spacial score (nSPS) is 31.8. The Morgan fingerprint density at radius 2 is 1.00 bits per heavy atom. The molecule has 0 aliphatic heterocycles. The van der Waals surface area contributed by atoms with E-state index < -0.39 is 0 Å². The number of esters is 2. The Bertz CT molecular complexity index is 419. The van der Waals surface area contributed by atoms with E-state index in [1.165, 1.54) is 0 Å². The molecule has 4 N–H and O–H groups in total. The highest BCUT2D eigenvalue weighted by Gasteiger charge is 2.38. The average molecular weight is 443 g/mol. The number of halogens is 2. The molecule has 0 aromatic heterocycles. The predicted octanol–water partition coefficient (Wildman–Crippen LogP) is 3.76. The molecule has 6 nitrogen and oxygen atoms in total. The summed E-state index contributed by atoms with van der Waals surface area (Å²) in [6.45, 7) is 8.60. The Labute approximate surface area is 182 Å². The first-order valence-electron chi connectivity index (χ1n) is 10.0. The van der Waals surface area contributed by atoms with E-state index in [1.54, 1.807) is 0 Å². The first-order chi connectivity index (χ1) is 12.2. The summed E-state index contributed by atoms with van der Waals surface area (Å²) in [7, 11) is 0. The van der Waals surface area contributed by atoms with E-state index in [1.807, 2.05) is 27.7 Å². The predicted molar refractivity (Wildman–Crippen MR) is 117 cm³/mol. The number of hydrogen-bond acceptors (Lipinski definition) is 6. The number of ether oxygens (including phenoxy) is 2. The van der Waals surface area contributed by atoms with E-state index in [9.17, 15) is 9.59 Å². The first-order valence-corrected chi connectivity index (χ1v) is 10.0. The fraction of sp³-hybridized carbons (Fsp3) is 0.900. The molecule has 8 heteroatoms. The van der Waals surface area contributed by atoms with Gasteiger partial charge in [0, 0.05) is 12.1 Å². The molecule has 0 heterocycles. The molecule has 0 bridgehead atoms. The lowest BCUT2D eigenvalue weighted by atomic mass is 9.74. The maximum absolute atomic E-state index is 11.6. The fourth-order valence-corrected chi connectivity index (χ4v) is 3.57. The van der Waals surface area contributed by atoms with Gasteiger partial charge >= 0.3 is 11.9 Å². The highest BCUT2D eigenvalue weighted by molar-refractivity contribution is 5.85. The lowest BCUT2D eigenvalue weighted by molar-refractivity contribution is -0.157. The number of hydrogen-bond donors (Lipinski definition) is 2. The highest BCUT2D eigenvalue weighted by Crippen LogP contribution is 2.37. The van der Waals surface area contributed by atoms with E-state index in [0.29, 0.717) is 13.2 Å². The Morgan fingerprint density at radius 3 is 1.21 bits per heavy atom. The van der Waals surface area contributed by atoms with E-state index in [-0.39, 0.29) is 59.7 Å². The summed E-state index contributed by atoms with van der Waals surface area (Å²) >= 11 is 0. The van der Waals surface area contributed by atoms with Gasteiger partial charge in [-0.1, -0.05) is 0 Å². The minimum atomic E-state index is -0.272. The second-order valence-corrected chi connectivity index (χ2v) is 8.24. The third-order valence-electron chi connectivity index (χ3n) is 5.80. The van der Waals surface area contributed by atoms with Crippen LogP contribution in [0.3, 0.4) is 0 Å². The largest absolute Gasteiger partial charge is 0.466 e. The van der Waals surface area contributed by atoms with Crippen molar-refractivity contribution in [2.75, 3.05) is 13.2 Å². The molecule has 168 valence electrons. The van der Waals surface area contributed by atoms with Crippen LogP contribution in [0, 0.1) is 10.8 Å². The van der Waals surface area contributed by atoms with E-state index in [4.69, 9.17) is 20.9 Å². The summed E-state index contributed by atoms with van der Waals surface area (Å²) in [5, 5.41) is 0. The molecule has 28 heavy (non-hydrogen) atoms. The van der Waals surface area contributed by atoms with Crippen molar-refractivity contribution in [1.82, 2.24) is 0 Å². The molecule has 0 aromatic carbocycles. The van der Waals surface area contributed by atoms with Crippen molar-refractivity contribution in [3.63, 3.8) is 0 Å². The Morgan fingerprint density at radius 1 is 0.750 bits per heavy atom. The zero-order valence-electron chi connectivity index (χ0n) is 17.8. The second-order valence-electron chi connectivity index (χ2n) is 8.24. The first kappa shape index (κ1) is 29.6. The van der Waals surface area contributed by atoms with Crippen molar-refractivity contribution < 1.29 is 19.1 Å². The van der Waals surface area contributed by atoms with Crippen LogP contribution in [-0.2, 0) is 19.1 Å². The van der Waals surface area contributed by atoms with Crippen LogP contribution >= 0.6 is 24.8 Å². The lowest BCUT2D eigenvalue weighted by Gasteiger charge is -2.33. The zero-order valence-corrected chi connectivity index (χ0v) is 19.5. The van der Waals surface area contributed by atoms with Crippen molar-refractivity contribution in [3.8, 4) is 0 Å². The van der Waals surface area contributed by atoms with Crippen LogP contribution in [0.5, 0.6) is 0 Å². The smallest absolute Gasteiger partial charge is 0.311 e. The minimum absolute atomic E-state index is 0. The fourth-order valence-electron chi connectivity index (χ4n) is 3.57. The summed E-state index contributed by atoms with van der Waals surface area (Å²) in [6.07, 6.45) is 7.23. The van der Waals surface area contributed by atoms with Crippen LogP contribution < -0.4 is 11.5 Å². The maximum Gasteiger partial charge on any atom is 0.311 e. The minimum Gasteiger partial charge on any atom is -0.466 e. The van der Waals surface area contributed by atoms with Crippen molar-refractivity contribution in [2.24, 2.45) is 22.3 Å². The van der Waals surface area contributed by atoms with Gasteiger partial charge in [-0.25, -0.2) is 0 Å². The maximum atomic E-state index is 11.6. The van der Waals surface area contributed by atoms with Gasteiger partial charge in [0.1, 0.15) is 0 Å². The molecule has 0 atom stereocenters. The van der Waals surface area contributed by atoms with Crippen LogP contribution in [0.25, 0.3) is 0 Å². The zero-order chi connectivity index (χ0) is 19.8. The number of rotatable bonds is 4. The topological polar surface area (TPSA) is 105 Å². The van der Waals surface area contributed by atoms with Crippen LogP contribution in [0.4, 0.5) is 0 Å². The monoisotopic (exact) mass is 442 g/mol. The lowest BCUT2D eigenvalue weighted by Crippen LogP contribution is -2.38. The van der Waals surface area contributed by atoms with Crippen LogP contribution in [0.1, 0.15) is 79.1 Å². The molecule has 2 aliphatic carbocycles. The Hall–Kier alpha value is -0.560. The van der Waals surface area contributed by atoms with E-state index >= 15 is 0 Å². The molecule has 2 saturated carbocycles. The van der Waals surface area contributed by atoms with Gasteiger partial charge in [0.2, 0.25) is 0 Å². The quantitative estimate of drug-likeness (QED) is 0.641. The summed E-state index contributed by atoms with van der Waals surface area (Å²) in [5.74, 6) is -0.108. The molecule has 0 spiro atoms. The SMILES string of the molecule is CCOC(=O)C1(C)CCC(N)CC1.CCOC(=O)C1(C)CCC(N)CC1.Cl.Cl. The van der Waals surface area contributed by atoms with Gasteiger partial charge in [-0.05, 0) is 79.1 Å². The molecular weight excluding hydrogens is 403 g/mol. The summed E-state index contributed by atoms with van der Waals surface area (Å²) < 4.78 is 10.1. The molecule has 0 saturated heterocycles. The van der Waals surface area contributed by atoms with Crippen LogP contribution in [-0.4, -0.2) is 37.2 Å². The molecule has 2 aliphatic rings. The van der Waals surface area contributed by atoms with Gasteiger partial charge in [0.15, 0.2) is 0 Å². The summed E-state index contributed by atoms with van der Waals surface area (Å²) in [4.78, 5) is 23.1. The highest BCUT2D eigenvalue weighted by atomic mass is 35.5. The molecular formula is C20H40Cl2N2O4. The summed E-state index contributed by atoms with van der Waals surface area (Å²) in [5.41, 5.74) is 11.0. The van der Waals surface area contributed by atoms with Crippen molar-refractivity contribution >= 4 is 36.8 Å². The van der Waals surface area contributed by atoms with Gasteiger partial charge in [0.05, 0.1) is 24.0 Å². The summed E-state index contributed by atoms with van der Waals surface area (Å²) in [6, 6.07) is 0.560. The molecule has 0 unspecified atom stereocenters. The van der Waals surface area contributed by atoms with Gasteiger partial charge < -0.3 is 20.9 Å². The van der Waals surface area contributed by atoms with E-state index in [0.717, 1.165) is 51.4 Å². The average Bonchev–Trinajstić information content (AvgIpc) is 2.61. The molecule has 2 fully saturated rings. The van der Waals surface area contributed by atoms with Crippen LogP contribution in [0.2, 0.25) is 0 Å². The standard InChI is InChI=1S/2C10H19NO2.2ClH/c2*1-3-13-9(12)10(2)6-4-8(11)5-7-10;;/h2*8H,3-7,11H2,1-2H3;2*1H. The van der Waals surface area contributed by atoms with Gasteiger partial charge in [0.25, 0.3) is 0 Å². The van der Waals surface area contributed by atoms with Crippen LogP contribution in [0.15, 0.2) is 0 Å². The van der Waals surface area contributed by atoms with Gasteiger partial charge in [-0.15, -0.1) is 24.8 Å². The number of carbonyl (C=O) groups is 2. The molecule has 0 radical (unpaired) electrons. The van der Waals surface area contributed by atoms with Crippen molar-refractivity contribution in [1.29, 1.82) is 0 Å². The Kier molecular flexibility index (Phi) is 14.4. The molecule has 2 rings (SSSR count). The van der Waals surface area contributed by atoms with Gasteiger partial charge in [-0.3, -0.25) is 9.59 Å². The Balaban J connectivity index is 0. The van der Waals surface area contributed by atoms with E-state index in [2.05, 4.69) is 0 Å². The molecule has 0 amide bonds.